The number of carbonyl (C=O) groups is 2. The Labute approximate surface area is 394 Å². The summed E-state index contributed by atoms with van der Waals surface area (Å²) < 4.78 is 5.41. The van der Waals surface area contributed by atoms with Crippen molar-refractivity contribution in [3.8, 4) is 0 Å². The van der Waals surface area contributed by atoms with Crippen LogP contribution < -0.4 is 0 Å². The van der Waals surface area contributed by atoms with E-state index in [-0.39, 0.29) is 5.97 Å². The molecule has 0 bridgehead atoms. The Kier molecular flexibility index (Phi) is 43.6. The van der Waals surface area contributed by atoms with Crippen molar-refractivity contribution in [3.63, 3.8) is 0 Å². The summed E-state index contributed by atoms with van der Waals surface area (Å²) in [6.07, 6.45) is 45.9. The highest BCUT2D eigenvalue weighted by Crippen LogP contribution is 2.22. The van der Waals surface area contributed by atoms with Crippen LogP contribution in [0.1, 0.15) is 266 Å². The molecule has 1 rings (SSSR count). The molecule has 0 spiro atoms. The van der Waals surface area contributed by atoms with Crippen LogP contribution in [0.4, 0.5) is 0 Å². The number of esters is 1. The minimum atomic E-state index is -0.0242. The summed E-state index contributed by atoms with van der Waals surface area (Å²) in [5, 5.41) is 0. The second kappa shape index (κ2) is 46.0. The Morgan fingerprint density at radius 2 is 0.762 bits per heavy atom. The molecular weight excluding hydrogens is 777 g/mol. The maximum Gasteiger partial charge on any atom is 0.305 e. The molecule has 0 N–H and O–H groups in total. The van der Waals surface area contributed by atoms with E-state index in [2.05, 4.69) is 54.2 Å². The van der Waals surface area contributed by atoms with Gasteiger partial charge in [-0.05, 0) is 109 Å². The van der Waals surface area contributed by atoms with Gasteiger partial charge in [0.2, 0.25) is 5.91 Å². The molecule has 1 fully saturated rings. The van der Waals surface area contributed by atoms with Crippen LogP contribution in [0.2, 0.25) is 0 Å². The first-order valence-electron chi connectivity index (χ1n) is 28.6. The topological polar surface area (TPSA) is 56.3 Å². The number of piperidine rings is 1. The highest BCUT2D eigenvalue weighted by molar-refractivity contribution is 5.78. The van der Waals surface area contributed by atoms with Crippen molar-refractivity contribution in [2.45, 2.75) is 266 Å². The molecule has 374 valence electrons. The van der Waals surface area contributed by atoms with Gasteiger partial charge >= 0.3 is 5.97 Å². The van der Waals surface area contributed by atoms with E-state index in [0.29, 0.717) is 31.4 Å². The lowest BCUT2D eigenvalue weighted by molar-refractivity contribution is -0.143. The van der Waals surface area contributed by atoms with Crippen molar-refractivity contribution in [2.24, 2.45) is 5.92 Å². The molecule has 0 aromatic heterocycles. The summed E-state index contributed by atoms with van der Waals surface area (Å²) in [7, 11) is 0. The molecule has 0 unspecified atom stereocenters. The van der Waals surface area contributed by atoms with E-state index in [4.69, 9.17) is 4.74 Å². The van der Waals surface area contributed by atoms with Gasteiger partial charge in [-0.2, -0.15) is 0 Å². The smallest absolute Gasteiger partial charge is 0.305 e. The number of rotatable bonds is 48. The summed E-state index contributed by atoms with van der Waals surface area (Å²) in [5.74, 6) is 1.05. The number of amides is 1. The number of ether oxygens (including phenoxy) is 1. The van der Waals surface area contributed by atoms with Gasteiger partial charge in [0.15, 0.2) is 0 Å². The fourth-order valence-corrected chi connectivity index (χ4v) is 9.53. The van der Waals surface area contributed by atoms with Crippen molar-refractivity contribution < 1.29 is 14.3 Å². The molecule has 1 amide bonds. The van der Waals surface area contributed by atoms with Crippen LogP contribution in [-0.4, -0.2) is 110 Å². The third-order valence-corrected chi connectivity index (χ3v) is 14.1. The number of nitrogens with zero attached hydrogens (tertiary/aromatic N) is 4. The summed E-state index contributed by atoms with van der Waals surface area (Å²) >= 11 is 0. The number of carbonyl (C=O) groups excluding carboxylic acids is 2. The summed E-state index contributed by atoms with van der Waals surface area (Å²) in [4.78, 5) is 36.4. The molecule has 0 radical (unpaired) electrons. The van der Waals surface area contributed by atoms with Crippen molar-refractivity contribution in [1.29, 1.82) is 0 Å². The van der Waals surface area contributed by atoms with E-state index in [0.717, 1.165) is 84.3 Å². The quantitative estimate of drug-likeness (QED) is 0.0448. The molecule has 0 atom stereocenters. The first-order valence-corrected chi connectivity index (χ1v) is 28.6. The number of likely N-dealkylation sites (tertiary alicyclic amines) is 1. The Balaban J connectivity index is 2.73. The van der Waals surface area contributed by atoms with Gasteiger partial charge in [-0.15, -0.1) is 0 Å². The Morgan fingerprint density at radius 3 is 1.19 bits per heavy atom. The zero-order valence-corrected chi connectivity index (χ0v) is 43.5. The lowest BCUT2D eigenvalue weighted by Gasteiger charge is -2.35. The lowest BCUT2D eigenvalue weighted by atomic mass is 9.93. The first kappa shape index (κ1) is 59.8. The largest absolute Gasteiger partial charge is 0.466 e. The zero-order valence-electron chi connectivity index (χ0n) is 43.5. The van der Waals surface area contributed by atoms with Gasteiger partial charge < -0.3 is 19.4 Å². The highest BCUT2D eigenvalue weighted by atomic mass is 16.5. The zero-order chi connectivity index (χ0) is 45.7. The third-order valence-electron chi connectivity index (χ3n) is 14.1. The van der Waals surface area contributed by atoms with Crippen LogP contribution in [0.15, 0.2) is 0 Å². The van der Waals surface area contributed by atoms with E-state index in [9.17, 15) is 9.59 Å². The Bertz CT molecular complexity index is 954. The van der Waals surface area contributed by atoms with E-state index >= 15 is 0 Å². The predicted octanol–water partition coefficient (Wildman–Crippen LogP) is 15.0. The molecule has 1 heterocycles. The van der Waals surface area contributed by atoms with Crippen LogP contribution in [-0.2, 0) is 14.3 Å². The molecule has 0 aromatic rings. The van der Waals surface area contributed by atoms with Crippen LogP contribution >= 0.6 is 0 Å². The van der Waals surface area contributed by atoms with Crippen molar-refractivity contribution in [1.82, 2.24) is 19.6 Å². The normalized spacial score (nSPS) is 13.6. The number of hydrogen-bond acceptors (Lipinski definition) is 6. The molecule has 1 saturated heterocycles. The molecule has 63 heavy (non-hydrogen) atoms. The average Bonchev–Trinajstić information content (AvgIpc) is 3.29. The summed E-state index contributed by atoms with van der Waals surface area (Å²) in [6, 6.07) is 0. The summed E-state index contributed by atoms with van der Waals surface area (Å²) in [5.41, 5.74) is 0. The molecule has 7 nitrogen and oxygen atoms in total. The molecular formula is C56H112N4O3. The van der Waals surface area contributed by atoms with Gasteiger partial charge in [0, 0.05) is 32.6 Å². The monoisotopic (exact) mass is 889 g/mol. The summed E-state index contributed by atoms with van der Waals surface area (Å²) in [6.45, 7) is 23.4. The third kappa shape index (κ3) is 37.6. The predicted molar refractivity (Wildman–Crippen MR) is 275 cm³/mol. The molecule has 1 aliphatic heterocycles. The van der Waals surface area contributed by atoms with Crippen LogP contribution in [0, 0.1) is 5.92 Å². The van der Waals surface area contributed by atoms with Gasteiger partial charge in [-0.3, -0.25) is 14.5 Å². The Hall–Kier alpha value is -1.18. The molecule has 0 aliphatic carbocycles. The SMILES string of the molecule is CCCCCCCCCN(CCCCC(=O)OCCCC)CCC1CCN(C(=O)CN(CCCCCCCCC)CCN(CCCCCCCCC)CCCCCCCCC)CC1. The van der Waals surface area contributed by atoms with Gasteiger partial charge in [-0.25, -0.2) is 0 Å². The fourth-order valence-electron chi connectivity index (χ4n) is 9.53. The first-order chi connectivity index (χ1) is 31.0. The lowest BCUT2D eigenvalue weighted by Crippen LogP contribution is -2.46. The average molecular weight is 890 g/mol. The molecule has 1 aliphatic rings. The standard InChI is InChI=1S/C56H112N4O3/c1-6-11-16-20-24-28-33-42-57(45-37-32-38-56(62)63-52-15-10-5)47-39-54-40-48-60(49-41-54)55(61)53-59(46-36-31-27-23-19-14-9-4)51-50-58(43-34-29-25-21-17-12-7-2)44-35-30-26-22-18-13-8-3/h54H,6-53H2,1-5H3. The molecule has 7 heteroatoms. The van der Waals surface area contributed by atoms with E-state index in [1.54, 1.807) is 0 Å². The molecule has 0 aromatic carbocycles. The molecule has 0 saturated carbocycles. The van der Waals surface area contributed by atoms with Crippen LogP contribution in [0.3, 0.4) is 0 Å². The van der Waals surface area contributed by atoms with Crippen LogP contribution in [0.25, 0.3) is 0 Å². The fraction of sp³-hybridized carbons (Fsp3) is 0.964. The minimum Gasteiger partial charge on any atom is -0.466 e. The van der Waals surface area contributed by atoms with Gasteiger partial charge in [0.05, 0.1) is 13.2 Å². The van der Waals surface area contributed by atoms with E-state index in [1.165, 1.54) is 206 Å². The minimum absolute atomic E-state index is 0.0242. The van der Waals surface area contributed by atoms with Crippen molar-refractivity contribution in [3.05, 3.63) is 0 Å². The number of unbranched alkanes of at least 4 members (excludes halogenated alkanes) is 26. The maximum absolute atomic E-state index is 14.0. The van der Waals surface area contributed by atoms with Crippen molar-refractivity contribution in [2.75, 3.05) is 78.6 Å². The highest BCUT2D eigenvalue weighted by Gasteiger charge is 2.25. The second-order valence-electron chi connectivity index (χ2n) is 20.1. The number of hydrogen-bond donors (Lipinski definition) is 0. The van der Waals surface area contributed by atoms with Crippen molar-refractivity contribution >= 4 is 11.9 Å². The Morgan fingerprint density at radius 1 is 0.413 bits per heavy atom. The second-order valence-corrected chi connectivity index (χ2v) is 20.1. The van der Waals surface area contributed by atoms with E-state index < -0.39 is 0 Å². The van der Waals surface area contributed by atoms with E-state index in [1.807, 2.05) is 0 Å². The maximum atomic E-state index is 14.0. The van der Waals surface area contributed by atoms with Gasteiger partial charge in [-0.1, -0.05) is 195 Å². The van der Waals surface area contributed by atoms with Gasteiger partial charge in [0.25, 0.3) is 0 Å². The van der Waals surface area contributed by atoms with Crippen LogP contribution in [0.5, 0.6) is 0 Å². The van der Waals surface area contributed by atoms with Gasteiger partial charge in [0.1, 0.15) is 0 Å².